The molecule has 1 fully saturated rings. The van der Waals surface area contributed by atoms with Gasteiger partial charge in [-0.25, -0.2) is 0 Å². The summed E-state index contributed by atoms with van der Waals surface area (Å²) in [6.45, 7) is 0. The number of hydrogen-bond donors (Lipinski definition) is 6. The molecule has 28 heavy (non-hydrogen) atoms. The van der Waals surface area contributed by atoms with Crippen LogP contribution in [0.1, 0.15) is 46.4 Å². The van der Waals surface area contributed by atoms with Crippen LogP contribution in [0.25, 0.3) is 0 Å². The molecule has 0 aromatic heterocycles. The van der Waals surface area contributed by atoms with Crippen molar-refractivity contribution in [2.45, 2.75) is 57.3 Å². The first-order chi connectivity index (χ1) is 13.4. The van der Waals surface area contributed by atoms with E-state index in [9.17, 15) is 9.59 Å². The Morgan fingerprint density at radius 3 is 1.50 bits per heavy atom. The summed E-state index contributed by atoms with van der Waals surface area (Å²) in [5.74, 6) is -0.418. The highest BCUT2D eigenvalue weighted by Crippen LogP contribution is 2.25. The molecule has 0 aliphatic heterocycles. The Bertz CT molecular complexity index is 830. The Morgan fingerprint density at radius 2 is 1.11 bits per heavy atom. The van der Waals surface area contributed by atoms with Gasteiger partial charge in [0, 0.05) is 31.7 Å². The highest BCUT2D eigenvalue weighted by atomic mass is 32.1. The molecule has 0 heterocycles. The molecule has 0 saturated heterocycles. The molecular formula is C20H22N2O2S4. The lowest BCUT2D eigenvalue weighted by Gasteiger charge is -2.33. The maximum atomic E-state index is 12.8. The fraction of sp³-hybridized carbons (Fsp3) is 0.300. The van der Waals surface area contributed by atoms with Crippen molar-refractivity contribution >= 4 is 62.3 Å². The predicted molar refractivity (Wildman–Crippen MR) is 123 cm³/mol. The number of hydrogen-bond acceptors (Lipinski definition) is 6. The second kappa shape index (κ2) is 9.52. The number of amides is 2. The second-order valence-electron chi connectivity index (χ2n) is 6.79. The van der Waals surface area contributed by atoms with E-state index in [1.54, 1.807) is 36.4 Å². The average Bonchev–Trinajstić information content (AvgIpc) is 2.67. The average molecular weight is 451 g/mol. The molecule has 2 N–H and O–H groups in total. The molecule has 4 nitrogen and oxygen atoms in total. The summed E-state index contributed by atoms with van der Waals surface area (Å²) in [4.78, 5) is 27.9. The van der Waals surface area contributed by atoms with Gasteiger partial charge in [-0.05, 0) is 37.1 Å². The van der Waals surface area contributed by atoms with Gasteiger partial charge in [-0.1, -0.05) is 25.0 Å². The summed E-state index contributed by atoms with van der Waals surface area (Å²) in [6, 6.07) is 10.3. The van der Waals surface area contributed by atoms with Gasteiger partial charge in [0.2, 0.25) is 0 Å². The van der Waals surface area contributed by atoms with E-state index in [1.807, 2.05) is 0 Å². The SMILES string of the molecule is O=C(N[C@H]1CCCC[C@@H]1NC(=O)c1cccc(S)c1S)c1cccc(S)c1S. The van der Waals surface area contributed by atoms with Crippen LogP contribution in [0.4, 0.5) is 0 Å². The minimum atomic E-state index is -0.209. The van der Waals surface area contributed by atoms with Crippen LogP contribution in [-0.4, -0.2) is 23.9 Å². The normalized spacial score (nSPS) is 19.1. The number of carbonyl (C=O) groups excluding carboxylic acids is 2. The minimum Gasteiger partial charge on any atom is -0.347 e. The van der Waals surface area contributed by atoms with E-state index in [4.69, 9.17) is 0 Å². The molecule has 0 spiro atoms. The first-order valence-corrected chi connectivity index (χ1v) is 10.8. The van der Waals surface area contributed by atoms with Gasteiger partial charge in [-0.3, -0.25) is 9.59 Å². The van der Waals surface area contributed by atoms with E-state index >= 15 is 0 Å². The Morgan fingerprint density at radius 1 is 0.714 bits per heavy atom. The maximum Gasteiger partial charge on any atom is 0.252 e. The smallest absolute Gasteiger partial charge is 0.252 e. The molecule has 148 valence electrons. The van der Waals surface area contributed by atoms with E-state index in [2.05, 4.69) is 61.1 Å². The molecule has 0 unspecified atom stereocenters. The standard InChI is InChI=1S/C20H22N2O2S4/c23-19(11-5-3-9-15(25)17(11)27)21-13-7-1-2-8-14(13)22-20(24)12-6-4-10-16(26)18(12)28/h3-6,9-10,13-14,25-28H,1-2,7-8H2,(H,21,23)(H,22,24)/t13-,14-/m0/s1. The van der Waals surface area contributed by atoms with Crippen LogP contribution < -0.4 is 10.6 Å². The Balaban J connectivity index is 1.73. The van der Waals surface area contributed by atoms with Crippen molar-refractivity contribution < 1.29 is 9.59 Å². The number of benzene rings is 2. The van der Waals surface area contributed by atoms with Crippen LogP contribution in [0.3, 0.4) is 0 Å². The summed E-state index contributed by atoms with van der Waals surface area (Å²) in [7, 11) is 0. The predicted octanol–water partition coefficient (Wildman–Crippen LogP) is 4.31. The molecule has 2 aromatic carbocycles. The molecule has 2 amide bonds. The third kappa shape index (κ3) is 4.84. The van der Waals surface area contributed by atoms with E-state index in [0.717, 1.165) is 25.7 Å². The van der Waals surface area contributed by atoms with Gasteiger partial charge in [-0.2, -0.15) is 0 Å². The molecule has 1 aliphatic rings. The van der Waals surface area contributed by atoms with Gasteiger partial charge >= 0.3 is 0 Å². The molecule has 0 bridgehead atoms. The van der Waals surface area contributed by atoms with Crippen LogP contribution in [0.2, 0.25) is 0 Å². The second-order valence-corrected chi connectivity index (χ2v) is 8.65. The summed E-state index contributed by atoms with van der Waals surface area (Å²) < 4.78 is 0. The zero-order valence-electron chi connectivity index (χ0n) is 15.1. The van der Waals surface area contributed by atoms with Crippen LogP contribution in [0, 0.1) is 0 Å². The summed E-state index contributed by atoms with van der Waals surface area (Å²) in [5, 5.41) is 6.13. The summed E-state index contributed by atoms with van der Waals surface area (Å²) in [5.41, 5.74) is 0.957. The number of thiol groups is 4. The highest BCUT2D eigenvalue weighted by Gasteiger charge is 2.29. The van der Waals surface area contributed by atoms with Gasteiger partial charge in [0.25, 0.3) is 11.8 Å². The monoisotopic (exact) mass is 450 g/mol. The van der Waals surface area contributed by atoms with Crippen LogP contribution in [-0.2, 0) is 0 Å². The Labute approximate surface area is 186 Å². The van der Waals surface area contributed by atoms with Crippen molar-refractivity contribution in [2.75, 3.05) is 0 Å². The van der Waals surface area contributed by atoms with Gasteiger partial charge < -0.3 is 10.6 Å². The molecule has 3 rings (SSSR count). The minimum absolute atomic E-state index is 0.149. The third-order valence-corrected chi connectivity index (χ3v) is 6.98. The largest absolute Gasteiger partial charge is 0.347 e. The molecule has 1 saturated carbocycles. The maximum absolute atomic E-state index is 12.8. The van der Waals surface area contributed by atoms with Crippen LogP contribution in [0.5, 0.6) is 0 Å². The number of nitrogens with one attached hydrogen (secondary N) is 2. The Hall–Kier alpha value is -1.22. The van der Waals surface area contributed by atoms with Crippen molar-refractivity contribution in [1.82, 2.24) is 10.6 Å². The number of carbonyl (C=O) groups is 2. The zero-order valence-corrected chi connectivity index (χ0v) is 18.6. The fourth-order valence-corrected chi connectivity index (χ4v) is 4.31. The quantitative estimate of drug-likeness (QED) is 0.393. The van der Waals surface area contributed by atoms with Crippen molar-refractivity contribution in [3.8, 4) is 0 Å². The summed E-state index contributed by atoms with van der Waals surface area (Å²) in [6.07, 6.45) is 3.61. The third-order valence-electron chi connectivity index (χ3n) is 4.92. The molecule has 1 aliphatic carbocycles. The molecular weight excluding hydrogens is 429 g/mol. The Kier molecular flexibility index (Phi) is 7.31. The highest BCUT2D eigenvalue weighted by molar-refractivity contribution is 7.84. The lowest BCUT2D eigenvalue weighted by atomic mass is 9.89. The van der Waals surface area contributed by atoms with Crippen molar-refractivity contribution in [2.24, 2.45) is 0 Å². The van der Waals surface area contributed by atoms with Crippen molar-refractivity contribution in [3.05, 3.63) is 47.5 Å². The van der Waals surface area contributed by atoms with E-state index in [0.29, 0.717) is 30.7 Å². The molecule has 0 radical (unpaired) electrons. The van der Waals surface area contributed by atoms with Gasteiger partial charge in [0.15, 0.2) is 0 Å². The van der Waals surface area contributed by atoms with Gasteiger partial charge in [-0.15, -0.1) is 50.5 Å². The molecule has 2 aromatic rings. The fourth-order valence-electron chi connectivity index (χ4n) is 3.40. The van der Waals surface area contributed by atoms with Crippen LogP contribution in [0.15, 0.2) is 56.0 Å². The number of rotatable bonds is 4. The van der Waals surface area contributed by atoms with E-state index < -0.39 is 0 Å². The lowest BCUT2D eigenvalue weighted by molar-refractivity contribution is 0.0859. The molecule has 8 heteroatoms. The van der Waals surface area contributed by atoms with Crippen LogP contribution >= 0.6 is 50.5 Å². The molecule has 2 atom stereocenters. The van der Waals surface area contributed by atoms with Gasteiger partial charge in [0.1, 0.15) is 0 Å². The first-order valence-electron chi connectivity index (χ1n) is 9.02. The van der Waals surface area contributed by atoms with Crippen molar-refractivity contribution in [1.29, 1.82) is 0 Å². The first kappa shape index (κ1) is 21.5. The zero-order chi connectivity index (χ0) is 20.3. The van der Waals surface area contributed by atoms with Crippen molar-refractivity contribution in [3.63, 3.8) is 0 Å². The van der Waals surface area contributed by atoms with Gasteiger partial charge in [0.05, 0.1) is 11.1 Å². The summed E-state index contributed by atoms with van der Waals surface area (Å²) >= 11 is 17.4. The van der Waals surface area contributed by atoms with E-state index in [-0.39, 0.29) is 23.9 Å². The topological polar surface area (TPSA) is 58.2 Å². The van der Waals surface area contributed by atoms with E-state index in [1.165, 1.54) is 0 Å². The lowest BCUT2D eigenvalue weighted by Crippen LogP contribution is -2.53.